The molecule has 2 aromatic carbocycles. The molecule has 0 bridgehead atoms. The Labute approximate surface area is 337 Å². The molecule has 0 spiro atoms. The van der Waals surface area contributed by atoms with Crippen molar-refractivity contribution < 1.29 is 96.6 Å². The molecule has 0 aliphatic carbocycles. The summed E-state index contributed by atoms with van der Waals surface area (Å²) in [4.78, 5) is 63.3. The Bertz CT molecular complexity index is 1960. The molecule has 0 aromatic heterocycles. The van der Waals surface area contributed by atoms with Gasteiger partial charge in [0.25, 0.3) is 0 Å². The Hall–Kier alpha value is -4.35. The fourth-order valence-electron chi connectivity index (χ4n) is 7.16. The van der Waals surface area contributed by atoms with Crippen molar-refractivity contribution in [1.29, 1.82) is 0 Å². The number of halogens is 2. The van der Waals surface area contributed by atoms with Crippen LogP contribution in [0.1, 0.15) is 58.6 Å². The third kappa shape index (κ3) is 8.14. The van der Waals surface area contributed by atoms with E-state index in [0.29, 0.717) is 22.3 Å². The third-order valence-corrected chi connectivity index (χ3v) is 9.84. The van der Waals surface area contributed by atoms with E-state index in [9.17, 15) is 48.1 Å². The molecule has 0 radical (unpaired) electrons. The number of carbonyl (C=O) groups is 5. The number of methoxy groups -OCH3 is 2. The van der Waals surface area contributed by atoms with Gasteiger partial charge in [-0.05, 0) is 94.0 Å². The number of hydrogen-bond acceptors (Lipinski definition) is 12. The number of hydrogen-bond donors (Lipinski definition) is 2. The topological polar surface area (TPSA) is 192 Å². The fraction of sp³-hybridized carbons (Fsp3) is 0.447. The van der Waals surface area contributed by atoms with E-state index < -0.39 is 89.7 Å². The van der Waals surface area contributed by atoms with Crippen molar-refractivity contribution in [3.63, 3.8) is 0 Å². The van der Waals surface area contributed by atoms with Gasteiger partial charge in [0.15, 0.2) is 23.1 Å². The van der Waals surface area contributed by atoms with Gasteiger partial charge in [0.1, 0.15) is 5.70 Å². The number of ether oxygens (including phenoxy) is 4. The number of β-lactam (4-membered cyclic amide) rings is 2. The minimum absolute atomic E-state index is 0. The molecular weight excluding hydrogens is 737 g/mol. The number of esters is 2. The number of rotatable bonds is 10. The molecule has 2 fully saturated rings. The van der Waals surface area contributed by atoms with Gasteiger partial charge < -0.3 is 48.9 Å². The van der Waals surface area contributed by atoms with Gasteiger partial charge in [-0.15, -0.1) is 0 Å². The zero-order valence-electron chi connectivity index (χ0n) is 31.7. The van der Waals surface area contributed by atoms with Crippen LogP contribution in [0.3, 0.4) is 0 Å². The summed E-state index contributed by atoms with van der Waals surface area (Å²) >= 11 is 0. The SMILES string of the molecule is COc1ccc(C2=C(C(=O)OCOC(=O)C(C)(C)C)N3C(=O)[C@H]([C@@H](C)O)[C@H]3C2)cc1F.COc1ccc(C2=C(C(=O)[O-])N3C(=O)[C@H]([C@@H](C)O)[C@H]3C2)cc1F.[Na+]. The van der Waals surface area contributed by atoms with Gasteiger partial charge >= 0.3 is 41.5 Å². The van der Waals surface area contributed by atoms with Crippen LogP contribution < -0.4 is 44.1 Å². The van der Waals surface area contributed by atoms with E-state index >= 15 is 0 Å². The van der Waals surface area contributed by atoms with Crippen molar-refractivity contribution >= 4 is 40.9 Å². The molecule has 2 aromatic rings. The molecule has 6 atom stereocenters. The first-order valence-electron chi connectivity index (χ1n) is 17.1. The predicted molar refractivity (Wildman–Crippen MR) is 182 cm³/mol. The van der Waals surface area contributed by atoms with E-state index in [1.807, 2.05) is 0 Å². The molecule has 4 aliphatic rings. The second-order valence-electron chi connectivity index (χ2n) is 14.4. The second-order valence-corrected chi connectivity index (χ2v) is 14.4. The number of aliphatic hydroxyl groups excluding tert-OH is 2. The second kappa shape index (κ2) is 16.8. The Morgan fingerprint density at radius 1 is 0.800 bits per heavy atom. The average Bonchev–Trinajstić information content (AvgIpc) is 3.61. The van der Waals surface area contributed by atoms with E-state index in [0.717, 1.165) is 4.90 Å². The van der Waals surface area contributed by atoms with Gasteiger partial charge in [-0.1, -0.05) is 12.1 Å². The van der Waals surface area contributed by atoms with E-state index in [4.69, 9.17) is 18.9 Å². The molecule has 4 heterocycles. The molecule has 0 unspecified atom stereocenters. The van der Waals surface area contributed by atoms with E-state index in [1.165, 1.54) is 63.3 Å². The summed E-state index contributed by atoms with van der Waals surface area (Å²) in [7, 11) is 2.67. The molecule has 4 aliphatic heterocycles. The summed E-state index contributed by atoms with van der Waals surface area (Å²) in [6.07, 6.45) is -1.29. The van der Waals surface area contributed by atoms with Crippen LogP contribution in [0.4, 0.5) is 8.78 Å². The minimum Gasteiger partial charge on any atom is -0.543 e. The maximum atomic E-state index is 14.3. The normalized spacial score (nSPS) is 22.2. The molecule has 14 nitrogen and oxygen atoms in total. The van der Waals surface area contributed by atoms with E-state index in [-0.39, 0.29) is 65.3 Å². The number of aliphatic hydroxyl groups is 2. The van der Waals surface area contributed by atoms with Crippen LogP contribution in [0.5, 0.6) is 11.5 Å². The summed E-state index contributed by atoms with van der Waals surface area (Å²) in [6.45, 7) is 7.36. The number of nitrogens with zero attached hydrogens (tertiary/aromatic N) is 2. The van der Waals surface area contributed by atoms with Gasteiger partial charge in [0, 0.05) is 0 Å². The Balaban J connectivity index is 0.000000250. The quantitative estimate of drug-likeness (QED) is 0.132. The Kier molecular flexibility index (Phi) is 13.2. The number of carbonyl (C=O) groups excluding carboxylic acids is 5. The van der Waals surface area contributed by atoms with Crippen LogP contribution in [0.2, 0.25) is 0 Å². The van der Waals surface area contributed by atoms with Crippen molar-refractivity contribution in [3.05, 3.63) is 70.6 Å². The van der Waals surface area contributed by atoms with Crippen molar-refractivity contribution in [2.24, 2.45) is 17.3 Å². The number of amides is 2. The molecule has 2 N–H and O–H groups in total. The van der Waals surface area contributed by atoms with Gasteiger partial charge in [-0.2, -0.15) is 0 Å². The fourth-order valence-corrected chi connectivity index (χ4v) is 7.16. The summed E-state index contributed by atoms with van der Waals surface area (Å²) < 4.78 is 48.0. The van der Waals surface area contributed by atoms with E-state index in [2.05, 4.69) is 0 Å². The first-order valence-corrected chi connectivity index (χ1v) is 17.1. The predicted octanol–water partition coefficient (Wildman–Crippen LogP) is -0.842. The van der Waals surface area contributed by atoms with Crippen molar-refractivity contribution in [2.45, 2.75) is 71.8 Å². The molecule has 290 valence electrons. The van der Waals surface area contributed by atoms with Crippen LogP contribution in [-0.4, -0.2) is 95.0 Å². The monoisotopic (exact) mass is 778 g/mol. The van der Waals surface area contributed by atoms with Crippen LogP contribution in [0.15, 0.2) is 47.8 Å². The third-order valence-electron chi connectivity index (χ3n) is 9.84. The van der Waals surface area contributed by atoms with Crippen LogP contribution in [0, 0.1) is 28.9 Å². The number of benzene rings is 2. The molecule has 17 heteroatoms. The number of fused-ring (bicyclic) bond motifs is 2. The smallest absolute Gasteiger partial charge is 0.543 e. The molecule has 0 saturated carbocycles. The maximum absolute atomic E-state index is 14.3. The number of carboxylic acid groups (broad SMARTS) is 1. The van der Waals surface area contributed by atoms with Crippen LogP contribution >= 0.6 is 0 Å². The average molecular weight is 779 g/mol. The summed E-state index contributed by atoms with van der Waals surface area (Å²) in [5, 5.41) is 31.1. The van der Waals surface area contributed by atoms with Gasteiger partial charge in [-0.25, -0.2) is 13.6 Å². The Morgan fingerprint density at radius 3 is 1.58 bits per heavy atom. The summed E-state index contributed by atoms with van der Waals surface area (Å²) in [5.41, 5.74) is 0.430. The zero-order chi connectivity index (χ0) is 40.0. The van der Waals surface area contributed by atoms with E-state index in [1.54, 1.807) is 26.8 Å². The van der Waals surface area contributed by atoms with Gasteiger partial charge in [0.05, 0.1) is 67.4 Å². The van der Waals surface area contributed by atoms with Crippen molar-refractivity contribution in [3.8, 4) is 11.5 Å². The van der Waals surface area contributed by atoms with Crippen LogP contribution in [-0.2, 0) is 33.4 Å². The van der Waals surface area contributed by atoms with Crippen LogP contribution in [0.25, 0.3) is 11.1 Å². The summed E-state index contributed by atoms with van der Waals surface area (Å²) in [5.74, 6) is -6.24. The molecular formula is C38H41F2N2NaO12. The molecule has 55 heavy (non-hydrogen) atoms. The minimum atomic E-state index is -1.49. The van der Waals surface area contributed by atoms with Gasteiger partial charge in [-0.3, -0.25) is 14.4 Å². The van der Waals surface area contributed by atoms with Crippen molar-refractivity contribution in [2.75, 3.05) is 21.0 Å². The number of aliphatic carboxylic acids is 1. The first kappa shape index (κ1) is 43.4. The van der Waals surface area contributed by atoms with Gasteiger partial charge in [0.2, 0.25) is 18.6 Å². The Morgan fingerprint density at radius 2 is 1.22 bits per heavy atom. The van der Waals surface area contributed by atoms with Crippen molar-refractivity contribution in [1.82, 2.24) is 9.80 Å². The maximum Gasteiger partial charge on any atom is 1.00 e. The zero-order valence-corrected chi connectivity index (χ0v) is 33.7. The molecule has 2 saturated heterocycles. The molecule has 2 amide bonds. The summed E-state index contributed by atoms with van der Waals surface area (Å²) in [6, 6.07) is 7.46. The standard InChI is InChI=1S/C22H26FNO7.C16H16FNO5.Na/c1-11(25)17-15-9-13(12-6-7-16(29-5)14(23)8-12)18(24(15)19(17)26)20(27)30-10-31-21(28)22(2,3)4;1-7(19)13-11-6-9(14(16(21)22)18(11)15(13)20)8-3-4-12(23-2)10(17)5-8;/h6-8,11,15,17,25H,9-10H2,1-5H3;3-5,7,11,13,19H,6H2,1-2H3,(H,21,22);/q;;+1/p-1/t11-,15-,17-;7-,11-,13-;/m11./s1. The largest absolute Gasteiger partial charge is 1.00 e. The molecule has 6 rings (SSSR count). The number of carboxylic acids is 1. The first-order chi connectivity index (χ1) is 25.3.